The number of para-hydroxylation sites is 2. The van der Waals surface area contributed by atoms with Crippen LogP contribution in [0.15, 0.2) is 29.1 Å². The molecule has 0 unspecified atom stereocenters. The van der Waals surface area contributed by atoms with Crippen LogP contribution in [-0.2, 0) is 0 Å². The third-order valence-corrected chi connectivity index (χ3v) is 5.73. The number of imidazole rings is 1. The number of fused-ring (bicyclic) bond motifs is 1. The van der Waals surface area contributed by atoms with Crippen molar-refractivity contribution in [1.29, 1.82) is 0 Å². The van der Waals surface area contributed by atoms with E-state index in [1.54, 1.807) is 11.3 Å². The second kappa shape index (κ2) is 6.15. The number of aromatic nitrogens is 3. The maximum Gasteiger partial charge on any atom is 0.326 e. The Bertz CT molecular complexity index is 992. The summed E-state index contributed by atoms with van der Waals surface area (Å²) in [6.45, 7) is 5.15. The lowest BCUT2D eigenvalue weighted by atomic mass is 10.0. The summed E-state index contributed by atoms with van der Waals surface area (Å²) in [6.07, 6.45) is 1.55. The first kappa shape index (κ1) is 16.1. The van der Waals surface area contributed by atoms with Crippen LogP contribution in [-0.4, -0.2) is 38.4 Å². The van der Waals surface area contributed by atoms with Crippen LogP contribution in [0.1, 0.15) is 39.3 Å². The van der Waals surface area contributed by atoms with E-state index in [0.717, 1.165) is 33.8 Å². The van der Waals surface area contributed by atoms with Gasteiger partial charge in [0, 0.05) is 24.0 Å². The summed E-state index contributed by atoms with van der Waals surface area (Å²) in [6, 6.07) is 7.86. The van der Waals surface area contributed by atoms with Gasteiger partial charge in [0.1, 0.15) is 5.69 Å². The van der Waals surface area contributed by atoms with Gasteiger partial charge in [-0.05, 0) is 38.8 Å². The molecule has 0 spiro atoms. The fraction of sp³-hybridized carbons (Fsp3) is 0.389. The Labute approximate surface area is 149 Å². The molecule has 4 rings (SSSR count). The molecule has 1 aromatic carbocycles. The standard InChI is InChI=1S/C18H20N4O2S/c1-11-16(19-12(2)25-11)17(23)21-9-7-13(8-10-21)22-15-6-4-3-5-14(15)20-18(22)24/h3-6,13H,7-10H2,1-2H3,(H,20,24). The summed E-state index contributed by atoms with van der Waals surface area (Å²) in [7, 11) is 0. The average molecular weight is 356 g/mol. The van der Waals surface area contributed by atoms with Gasteiger partial charge in [0.25, 0.3) is 5.91 Å². The van der Waals surface area contributed by atoms with Gasteiger partial charge in [-0.1, -0.05) is 12.1 Å². The number of carbonyl (C=O) groups excluding carboxylic acids is 1. The maximum atomic E-state index is 12.7. The zero-order chi connectivity index (χ0) is 17.6. The van der Waals surface area contributed by atoms with Gasteiger partial charge < -0.3 is 9.88 Å². The number of hydrogen-bond donors (Lipinski definition) is 1. The molecular formula is C18H20N4O2S. The number of nitrogens with zero attached hydrogens (tertiary/aromatic N) is 3. The van der Waals surface area contributed by atoms with Crippen molar-refractivity contribution < 1.29 is 4.79 Å². The molecule has 25 heavy (non-hydrogen) atoms. The predicted octanol–water partition coefficient (Wildman–Crippen LogP) is 2.88. The molecule has 0 atom stereocenters. The number of benzene rings is 1. The summed E-state index contributed by atoms with van der Waals surface area (Å²) < 4.78 is 1.84. The van der Waals surface area contributed by atoms with Crippen molar-refractivity contribution in [2.45, 2.75) is 32.7 Å². The molecule has 0 radical (unpaired) electrons. The third kappa shape index (κ3) is 2.78. The van der Waals surface area contributed by atoms with Gasteiger partial charge in [0.2, 0.25) is 0 Å². The summed E-state index contributed by atoms with van der Waals surface area (Å²) in [4.78, 5) is 35.2. The number of amides is 1. The highest BCUT2D eigenvalue weighted by molar-refractivity contribution is 7.11. The molecule has 1 fully saturated rings. The molecule has 3 heterocycles. The van der Waals surface area contributed by atoms with E-state index in [1.165, 1.54) is 0 Å². The predicted molar refractivity (Wildman–Crippen MR) is 98.3 cm³/mol. The normalized spacial score (nSPS) is 15.8. The lowest BCUT2D eigenvalue weighted by Gasteiger charge is -2.32. The molecule has 6 nitrogen and oxygen atoms in total. The van der Waals surface area contributed by atoms with Crippen molar-refractivity contribution in [3.63, 3.8) is 0 Å². The van der Waals surface area contributed by atoms with E-state index in [2.05, 4.69) is 9.97 Å². The number of carbonyl (C=O) groups is 1. The Morgan fingerprint density at radius 2 is 1.96 bits per heavy atom. The number of likely N-dealkylation sites (tertiary alicyclic amines) is 1. The minimum Gasteiger partial charge on any atom is -0.337 e. The zero-order valence-electron chi connectivity index (χ0n) is 14.3. The van der Waals surface area contributed by atoms with Crippen molar-refractivity contribution in [1.82, 2.24) is 19.4 Å². The highest BCUT2D eigenvalue weighted by atomic mass is 32.1. The Hall–Kier alpha value is -2.41. The van der Waals surface area contributed by atoms with Crippen molar-refractivity contribution in [3.8, 4) is 0 Å². The second-order valence-corrected chi connectivity index (χ2v) is 7.89. The van der Waals surface area contributed by atoms with E-state index < -0.39 is 0 Å². The highest BCUT2D eigenvalue weighted by Gasteiger charge is 2.28. The maximum absolute atomic E-state index is 12.7. The minimum absolute atomic E-state index is 0.00609. The smallest absolute Gasteiger partial charge is 0.326 e. The van der Waals surface area contributed by atoms with Gasteiger partial charge in [-0.25, -0.2) is 9.78 Å². The first-order valence-electron chi connectivity index (χ1n) is 8.47. The number of aryl methyl sites for hydroxylation is 2. The Balaban J connectivity index is 1.53. The molecule has 1 N–H and O–H groups in total. The number of nitrogens with one attached hydrogen (secondary N) is 1. The van der Waals surface area contributed by atoms with Crippen molar-refractivity contribution in [2.24, 2.45) is 0 Å². The molecule has 0 saturated carbocycles. The minimum atomic E-state index is -0.0723. The lowest BCUT2D eigenvalue weighted by molar-refractivity contribution is 0.0689. The van der Waals surface area contributed by atoms with Crippen LogP contribution in [0.3, 0.4) is 0 Å². The van der Waals surface area contributed by atoms with E-state index in [4.69, 9.17) is 0 Å². The van der Waals surface area contributed by atoms with E-state index in [9.17, 15) is 9.59 Å². The molecule has 1 aliphatic rings. The summed E-state index contributed by atoms with van der Waals surface area (Å²) >= 11 is 1.56. The fourth-order valence-electron chi connectivity index (χ4n) is 3.64. The molecule has 3 aromatic rings. The summed E-state index contributed by atoms with van der Waals surface area (Å²) in [5.74, 6) is 0.00609. The monoisotopic (exact) mass is 356 g/mol. The number of H-pyrrole nitrogens is 1. The number of rotatable bonds is 2. The summed E-state index contributed by atoms with van der Waals surface area (Å²) in [5.41, 5.74) is 2.30. The quantitative estimate of drug-likeness (QED) is 0.767. The van der Waals surface area contributed by atoms with Gasteiger partial charge >= 0.3 is 5.69 Å². The Morgan fingerprint density at radius 3 is 2.64 bits per heavy atom. The van der Waals surface area contributed by atoms with Gasteiger partial charge in [0.05, 0.1) is 16.0 Å². The molecule has 1 amide bonds. The number of hydrogen-bond acceptors (Lipinski definition) is 4. The molecule has 1 saturated heterocycles. The van der Waals surface area contributed by atoms with Gasteiger partial charge in [0.15, 0.2) is 0 Å². The topological polar surface area (TPSA) is 71.0 Å². The zero-order valence-corrected chi connectivity index (χ0v) is 15.1. The molecule has 2 aromatic heterocycles. The number of thiazole rings is 1. The molecule has 7 heteroatoms. The Kier molecular flexibility index (Phi) is 3.95. The van der Waals surface area contributed by atoms with E-state index in [0.29, 0.717) is 18.8 Å². The van der Waals surface area contributed by atoms with Crippen LogP contribution in [0.25, 0.3) is 11.0 Å². The number of piperidine rings is 1. The number of aromatic amines is 1. The van der Waals surface area contributed by atoms with Crippen LogP contribution >= 0.6 is 11.3 Å². The van der Waals surface area contributed by atoms with E-state index in [1.807, 2.05) is 47.6 Å². The third-order valence-electron chi connectivity index (χ3n) is 4.85. The average Bonchev–Trinajstić information content (AvgIpc) is 3.12. The van der Waals surface area contributed by atoms with Crippen LogP contribution in [0.5, 0.6) is 0 Å². The fourth-order valence-corrected chi connectivity index (χ4v) is 4.45. The Morgan fingerprint density at radius 1 is 1.24 bits per heavy atom. The second-order valence-electron chi connectivity index (χ2n) is 6.48. The lowest BCUT2D eigenvalue weighted by Crippen LogP contribution is -2.40. The van der Waals surface area contributed by atoms with Crippen LogP contribution in [0.4, 0.5) is 0 Å². The van der Waals surface area contributed by atoms with E-state index in [-0.39, 0.29) is 17.6 Å². The van der Waals surface area contributed by atoms with Crippen LogP contribution in [0.2, 0.25) is 0 Å². The molecule has 1 aliphatic heterocycles. The molecule has 0 aliphatic carbocycles. The van der Waals surface area contributed by atoms with Crippen LogP contribution in [0, 0.1) is 13.8 Å². The first-order valence-corrected chi connectivity index (χ1v) is 9.29. The van der Waals surface area contributed by atoms with Gasteiger partial charge in [-0.15, -0.1) is 11.3 Å². The van der Waals surface area contributed by atoms with Crippen molar-refractivity contribution in [3.05, 3.63) is 50.3 Å². The molecule has 130 valence electrons. The first-order chi connectivity index (χ1) is 12.0. The van der Waals surface area contributed by atoms with E-state index >= 15 is 0 Å². The summed E-state index contributed by atoms with van der Waals surface area (Å²) in [5, 5.41) is 0.918. The highest BCUT2D eigenvalue weighted by Crippen LogP contribution is 2.26. The van der Waals surface area contributed by atoms with Crippen molar-refractivity contribution >= 4 is 28.3 Å². The van der Waals surface area contributed by atoms with Gasteiger partial charge in [-0.2, -0.15) is 0 Å². The molecule has 0 bridgehead atoms. The SMILES string of the molecule is Cc1nc(C(=O)N2CCC(n3c(=O)[nH]c4ccccc43)CC2)c(C)s1. The molecular weight excluding hydrogens is 336 g/mol. The van der Waals surface area contributed by atoms with Crippen molar-refractivity contribution in [2.75, 3.05) is 13.1 Å². The van der Waals surface area contributed by atoms with Gasteiger partial charge in [-0.3, -0.25) is 9.36 Å². The largest absolute Gasteiger partial charge is 0.337 e. The van der Waals surface area contributed by atoms with Crippen LogP contribution < -0.4 is 5.69 Å².